The van der Waals surface area contributed by atoms with E-state index < -0.39 is 0 Å². The number of nitrogens with one attached hydrogen (secondary N) is 1. The molecule has 1 fully saturated rings. The quantitative estimate of drug-likeness (QED) is 0.880. The van der Waals surface area contributed by atoms with Gasteiger partial charge in [0.2, 0.25) is 5.91 Å². The third-order valence-corrected chi connectivity index (χ3v) is 4.28. The number of hydrogen-bond donors (Lipinski definition) is 1. The van der Waals surface area contributed by atoms with Crippen molar-refractivity contribution in [3.8, 4) is 0 Å². The Morgan fingerprint density at radius 2 is 2.25 bits per heavy atom. The highest BCUT2D eigenvalue weighted by molar-refractivity contribution is 5.76. The molecular formula is C15H24N4O. The van der Waals surface area contributed by atoms with Crippen molar-refractivity contribution in [3.05, 3.63) is 18.0 Å². The number of fused-ring (bicyclic) bond motifs is 1. The van der Waals surface area contributed by atoms with Gasteiger partial charge in [-0.15, -0.1) is 0 Å². The summed E-state index contributed by atoms with van der Waals surface area (Å²) < 4.78 is 2.11. The predicted molar refractivity (Wildman–Crippen MR) is 77.0 cm³/mol. The molecule has 1 atom stereocenters. The Labute approximate surface area is 120 Å². The average Bonchev–Trinajstić information content (AvgIpc) is 3.13. The van der Waals surface area contributed by atoms with E-state index in [4.69, 9.17) is 0 Å². The minimum absolute atomic E-state index is 0.231. The maximum absolute atomic E-state index is 11.7. The number of hydrogen-bond acceptors (Lipinski definition) is 3. The Morgan fingerprint density at radius 1 is 1.40 bits per heavy atom. The van der Waals surface area contributed by atoms with E-state index in [1.54, 1.807) is 0 Å². The van der Waals surface area contributed by atoms with Gasteiger partial charge in [0.15, 0.2) is 0 Å². The predicted octanol–water partition coefficient (Wildman–Crippen LogP) is 1.25. The van der Waals surface area contributed by atoms with E-state index in [1.165, 1.54) is 18.5 Å². The van der Waals surface area contributed by atoms with Crippen molar-refractivity contribution >= 4 is 5.91 Å². The number of carbonyl (C=O) groups excluding carboxylic acids is 1. The molecule has 2 aliphatic rings. The lowest BCUT2D eigenvalue weighted by atomic mass is 10.1. The second-order valence-corrected chi connectivity index (χ2v) is 6.35. The minimum Gasteiger partial charge on any atom is -0.356 e. The lowest BCUT2D eigenvalue weighted by Gasteiger charge is -2.19. The van der Waals surface area contributed by atoms with E-state index in [0.29, 0.717) is 11.8 Å². The van der Waals surface area contributed by atoms with Crippen molar-refractivity contribution in [2.45, 2.75) is 38.8 Å². The Bertz CT molecular complexity index is 466. The smallest absolute Gasteiger partial charge is 0.220 e. The maximum atomic E-state index is 11.7. The summed E-state index contributed by atoms with van der Waals surface area (Å²) in [5, 5.41) is 7.46. The Balaban J connectivity index is 1.46. The van der Waals surface area contributed by atoms with Crippen molar-refractivity contribution < 1.29 is 4.79 Å². The van der Waals surface area contributed by atoms with Gasteiger partial charge < -0.3 is 10.2 Å². The van der Waals surface area contributed by atoms with Crippen molar-refractivity contribution in [1.82, 2.24) is 20.0 Å². The molecule has 3 rings (SSSR count). The third-order valence-electron chi connectivity index (χ3n) is 4.28. The van der Waals surface area contributed by atoms with Crippen LogP contribution in [0.5, 0.6) is 0 Å². The molecule has 1 aliphatic heterocycles. The zero-order chi connectivity index (χ0) is 13.9. The summed E-state index contributed by atoms with van der Waals surface area (Å²) in [5.41, 5.74) is 1.28. The lowest BCUT2D eigenvalue weighted by Crippen LogP contribution is -2.30. The van der Waals surface area contributed by atoms with Gasteiger partial charge in [-0.1, -0.05) is 0 Å². The van der Waals surface area contributed by atoms with Gasteiger partial charge in [-0.05, 0) is 44.2 Å². The first-order valence-electron chi connectivity index (χ1n) is 7.66. The van der Waals surface area contributed by atoms with Crippen LogP contribution in [0, 0.1) is 11.8 Å². The molecule has 0 saturated heterocycles. The van der Waals surface area contributed by atoms with Crippen LogP contribution in [0.3, 0.4) is 0 Å². The molecule has 5 nitrogen and oxygen atoms in total. The van der Waals surface area contributed by atoms with Crippen LogP contribution in [0.2, 0.25) is 0 Å². The standard InChI is InChI=1S/C15H24N4O/c1-18-9-13(10-19-14(11-18)5-7-17-19)4-6-16-15(20)8-12-2-3-12/h5,7,12-13H,2-4,6,8-11H2,1H3,(H,16,20)/t13-/m1/s1. The number of carbonyl (C=O) groups is 1. The number of nitrogens with zero attached hydrogens (tertiary/aromatic N) is 3. The second-order valence-electron chi connectivity index (χ2n) is 6.35. The third kappa shape index (κ3) is 3.60. The molecule has 0 aromatic carbocycles. The number of amides is 1. The SMILES string of the molecule is CN1Cc2ccnn2C[C@H](CCNC(=O)CC2CC2)C1. The Morgan fingerprint density at radius 3 is 3.05 bits per heavy atom. The molecule has 0 unspecified atom stereocenters. The van der Waals surface area contributed by atoms with Gasteiger partial charge in [-0.2, -0.15) is 5.10 Å². The summed E-state index contributed by atoms with van der Waals surface area (Å²) in [5.74, 6) is 1.46. The van der Waals surface area contributed by atoms with Crippen LogP contribution in [0.25, 0.3) is 0 Å². The van der Waals surface area contributed by atoms with Crippen molar-refractivity contribution in [2.75, 3.05) is 20.1 Å². The summed E-state index contributed by atoms with van der Waals surface area (Å²) in [4.78, 5) is 14.0. The van der Waals surface area contributed by atoms with E-state index in [9.17, 15) is 4.79 Å². The second kappa shape index (κ2) is 5.95. The molecule has 20 heavy (non-hydrogen) atoms. The molecule has 0 radical (unpaired) electrons. The molecule has 5 heteroatoms. The number of aromatic nitrogens is 2. The fourth-order valence-electron chi connectivity index (χ4n) is 3.00. The van der Waals surface area contributed by atoms with Gasteiger partial charge >= 0.3 is 0 Å². The molecule has 110 valence electrons. The van der Waals surface area contributed by atoms with Crippen molar-refractivity contribution in [1.29, 1.82) is 0 Å². The zero-order valence-corrected chi connectivity index (χ0v) is 12.2. The van der Waals surface area contributed by atoms with E-state index in [0.717, 1.165) is 39.0 Å². The van der Waals surface area contributed by atoms with Gasteiger partial charge in [0.25, 0.3) is 0 Å². The van der Waals surface area contributed by atoms with Crippen LogP contribution in [0.1, 0.15) is 31.4 Å². The van der Waals surface area contributed by atoms with Crippen LogP contribution in [-0.2, 0) is 17.9 Å². The summed E-state index contributed by atoms with van der Waals surface area (Å²) in [6.45, 7) is 3.79. The van der Waals surface area contributed by atoms with Gasteiger partial charge in [0, 0.05) is 38.8 Å². The topological polar surface area (TPSA) is 50.2 Å². The summed E-state index contributed by atoms with van der Waals surface area (Å²) in [7, 11) is 2.15. The maximum Gasteiger partial charge on any atom is 0.220 e. The monoisotopic (exact) mass is 276 g/mol. The molecule has 1 amide bonds. The molecule has 0 spiro atoms. The van der Waals surface area contributed by atoms with Crippen LogP contribution < -0.4 is 5.32 Å². The first-order chi connectivity index (χ1) is 9.70. The minimum atomic E-state index is 0.231. The largest absolute Gasteiger partial charge is 0.356 e. The first-order valence-corrected chi connectivity index (χ1v) is 7.66. The molecule has 1 N–H and O–H groups in total. The van der Waals surface area contributed by atoms with E-state index in [1.807, 2.05) is 6.20 Å². The number of rotatable bonds is 5. The molecular weight excluding hydrogens is 252 g/mol. The molecule has 1 saturated carbocycles. The fourth-order valence-corrected chi connectivity index (χ4v) is 3.00. The van der Waals surface area contributed by atoms with Gasteiger partial charge in [0.05, 0.1) is 5.69 Å². The Hall–Kier alpha value is -1.36. The normalized spacial score (nSPS) is 23.1. The summed E-state index contributed by atoms with van der Waals surface area (Å²) in [6, 6.07) is 2.09. The molecule has 1 aliphatic carbocycles. The van der Waals surface area contributed by atoms with Crippen molar-refractivity contribution in [3.63, 3.8) is 0 Å². The summed E-state index contributed by atoms with van der Waals surface area (Å²) >= 11 is 0. The van der Waals surface area contributed by atoms with E-state index >= 15 is 0 Å². The first kappa shape index (κ1) is 13.6. The highest BCUT2D eigenvalue weighted by Gasteiger charge is 2.24. The van der Waals surface area contributed by atoms with Crippen LogP contribution in [0.4, 0.5) is 0 Å². The molecule has 1 aromatic rings. The van der Waals surface area contributed by atoms with Gasteiger partial charge in [0.1, 0.15) is 0 Å². The molecule has 2 heterocycles. The zero-order valence-electron chi connectivity index (χ0n) is 12.2. The van der Waals surface area contributed by atoms with E-state index in [2.05, 4.69) is 33.1 Å². The summed E-state index contributed by atoms with van der Waals surface area (Å²) in [6.07, 6.45) is 6.11. The van der Waals surface area contributed by atoms with Crippen LogP contribution in [0.15, 0.2) is 12.3 Å². The molecule has 0 bridgehead atoms. The van der Waals surface area contributed by atoms with Crippen LogP contribution in [-0.4, -0.2) is 40.7 Å². The molecule has 1 aromatic heterocycles. The van der Waals surface area contributed by atoms with E-state index in [-0.39, 0.29) is 5.91 Å². The highest BCUT2D eigenvalue weighted by Crippen LogP contribution is 2.32. The van der Waals surface area contributed by atoms with Gasteiger partial charge in [-0.25, -0.2) is 0 Å². The lowest BCUT2D eigenvalue weighted by molar-refractivity contribution is -0.121. The fraction of sp³-hybridized carbons (Fsp3) is 0.733. The average molecular weight is 276 g/mol. The highest BCUT2D eigenvalue weighted by atomic mass is 16.1. The van der Waals surface area contributed by atoms with Crippen LogP contribution >= 0.6 is 0 Å². The Kier molecular flexibility index (Phi) is 4.05. The van der Waals surface area contributed by atoms with Gasteiger partial charge in [-0.3, -0.25) is 9.48 Å². The van der Waals surface area contributed by atoms with Crippen molar-refractivity contribution in [2.24, 2.45) is 11.8 Å².